The van der Waals surface area contributed by atoms with Gasteiger partial charge in [-0.1, -0.05) is 27.7 Å². The molecule has 1 N–H and O–H groups in total. The van der Waals surface area contributed by atoms with Gasteiger partial charge in [0.2, 0.25) is 0 Å². The lowest BCUT2D eigenvalue weighted by Crippen LogP contribution is -2.35. The van der Waals surface area contributed by atoms with Gasteiger partial charge in [0.15, 0.2) is 0 Å². The lowest BCUT2D eigenvalue weighted by Gasteiger charge is -2.24. The molecule has 0 radical (unpaired) electrons. The van der Waals surface area contributed by atoms with E-state index in [2.05, 4.69) is 48.9 Å². The number of benzene rings is 1. The highest BCUT2D eigenvalue weighted by Gasteiger charge is 2.20. The Morgan fingerprint density at radius 1 is 1.29 bits per heavy atom. The highest BCUT2D eigenvalue weighted by atomic mass is 79.9. The van der Waals surface area contributed by atoms with E-state index in [-0.39, 0.29) is 16.4 Å². The van der Waals surface area contributed by atoms with Gasteiger partial charge in [-0.3, -0.25) is 0 Å². The summed E-state index contributed by atoms with van der Waals surface area (Å²) in [5, 5.41) is 3.39. The number of hydrogen-bond donors (Lipinski definition) is 1. The van der Waals surface area contributed by atoms with Gasteiger partial charge in [0.05, 0.1) is 4.47 Å². The minimum atomic E-state index is -0.487. The first kappa shape index (κ1) is 18.9. The fraction of sp³-hybridized carbons (Fsp3) is 0.625. The number of hydrogen-bond acceptors (Lipinski definition) is 2. The molecular weight excluding hydrogens is 356 g/mol. The largest absolute Gasteiger partial charge is 0.313 e. The number of rotatable bonds is 7. The SMILES string of the molecule is CCCNC(CSC(C)(C)C)Cc1c(F)ccc(Br)c1F. The van der Waals surface area contributed by atoms with Gasteiger partial charge in [0.1, 0.15) is 11.6 Å². The molecule has 0 saturated carbocycles. The Kier molecular flexibility index (Phi) is 7.65. The van der Waals surface area contributed by atoms with Gasteiger partial charge in [-0.2, -0.15) is 11.8 Å². The summed E-state index contributed by atoms with van der Waals surface area (Å²) in [5.74, 6) is -0.131. The van der Waals surface area contributed by atoms with Gasteiger partial charge >= 0.3 is 0 Å². The molecule has 0 saturated heterocycles. The van der Waals surface area contributed by atoms with Gasteiger partial charge in [-0.05, 0) is 47.4 Å². The van der Waals surface area contributed by atoms with Crippen LogP contribution in [0.25, 0.3) is 0 Å². The summed E-state index contributed by atoms with van der Waals surface area (Å²) >= 11 is 4.93. The standard InChI is InChI=1S/C16H24BrF2NS/c1-5-8-20-11(10-21-16(2,3)4)9-12-14(18)7-6-13(17)15(12)19/h6-7,11,20H,5,8-10H2,1-4H3. The van der Waals surface area contributed by atoms with Crippen LogP contribution in [0.2, 0.25) is 0 Å². The molecule has 5 heteroatoms. The summed E-state index contributed by atoms with van der Waals surface area (Å²) in [7, 11) is 0. The molecule has 0 bridgehead atoms. The normalized spacial score (nSPS) is 13.5. The van der Waals surface area contributed by atoms with Crippen LogP contribution >= 0.6 is 27.7 Å². The second-order valence-corrected chi connectivity index (χ2v) is 8.80. The van der Waals surface area contributed by atoms with E-state index in [0.717, 1.165) is 18.7 Å². The van der Waals surface area contributed by atoms with Gasteiger partial charge in [0, 0.05) is 22.1 Å². The Morgan fingerprint density at radius 3 is 2.52 bits per heavy atom. The van der Waals surface area contributed by atoms with E-state index in [0.29, 0.717) is 10.9 Å². The molecule has 0 aliphatic heterocycles. The van der Waals surface area contributed by atoms with Crippen LogP contribution in [-0.2, 0) is 6.42 Å². The molecule has 1 atom stereocenters. The van der Waals surface area contributed by atoms with Crippen LogP contribution in [0.4, 0.5) is 8.78 Å². The molecule has 0 aliphatic carbocycles. The van der Waals surface area contributed by atoms with Gasteiger partial charge in [0.25, 0.3) is 0 Å². The maximum Gasteiger partial charge on any atom is 0.143 e. The first-order valence-corrected chi connectivity index (χ1v) is 9.02. The average molecular weight is 380 g/mol. The third kappa shape index (κ3) is 6.66. The van der Waals surface area contributed by atoms with Crippen LogP contribution < -0.4 is 5.32 Å². The molecule has 0 aromatic heterocycles. The van der Waals surface area contributed by atoms with Crippen molar-refractivity contribution in [3.63, 3.8) is 0 Å². The molecule has 21 heavy (non-hydrogen) atoms. The molecule has 0 amide bonds. The fourth-order valence-electron chi connectivity index (χ4n) is 1.89. The molecule has 0 heterocycles. The van der Waals surface area contributed by atoms with E-state index in [4.69, 9.17) is 0 Å². The van der Waals surface area contributed by atoms with Crippen LogP contribution in [0.15, 0.2) is 16.6 Å². The van der Waals surface area contributed by atoms with E-state index in [1.54, 1.807) is 0 Å². The predicted molar refractivity (Wildman–Crippen MR) is 92.1 cm³/mol. The summed E-state index contributed by atoms with van der Waals surface area (Å²) in [6, 6.07) is 2.79. The summed E-state index contributed by atoms with van der Waals surface area (Å²) in [6.07, 6.45) is 1.36. The summed E-state index contributed by atoms with van der Waals surface area (Å²) in [5.41, 5.74) is 0.160. The molecule has 1 unspecified atom stereocenters. The van der Waals surface area contributed by atoms with Crippen LogP contribution in [0.5, 0.6) is 0 Å². The third-order valence-electron chi connectivity index (χ3n) is 2.99. The van der Waals surface area contributed by atoms with E-state index in [1.807, 2.05) is 11.8 Å². The van der Waals surface area contributed by atoms with Crippen molar-refractivity contribution < 1.29 is 8.78 Å². The zero-order valence-corrected chi connectivity index (χ0v) is 15.5. The first-order valence-electron chi connectivity index (χ1n) is 7.24. The predicted octanol–water partition coefficient (Wildman–Crippen LogP) is 5.17. The minimum Gasteiger partial charge on any atom is -0.313 e. The lowest BCUT2D eigenvalue weighted by atomic mass is 10.1. The topological polar surface area (TPSA) is 12.0 Å². The Balaban J connectivity index is 2.83. The van der Waals surface area contributed by atoms with Crippen LogP contribution in [-0.4, -0.2) is 23.1 Å². The number of thioether (sulfide) groups is 1. The lowest BCUT2D eigenvalue weighted by molar-refractivity contribution is 0.500. The quantitative estimate of drug-likeness (QED) is 0.655. The minimum absolute atomic E-state index is 0.0625. The van der Waals surface area contributed by atoms with Gasteiger partial charge in [-0.15, -0.1) is 0 Å². The molecule has 1 nitrogen and oxygen atoms in total. The highest BCUT2D eigenvalue weighted by Crippen LogP contribution is 2.27. The van der Waals surface area contributed by atoms with E-state index >= 15 is 0 Å². The average Bonchev–Trinajstić information content (AvgIpc) is 2.40. The molecule has 0 spiro atoms. The number of nitrogens with one attached hydrogen (secondary N) is 1. The Labute approximate surface area is 139 Å². The molecule has 1 rings (SSSR count). The number of halogens is 3. The van der Waals surface area contributed by atoms with E-state index in [1.165, 1.54) is 12.1 Å². The second-order valence-electron chi connectivity index (χ2n) is 6.10. The monoisotopic (exact) mass is 379 g/mol. The zero-order valence-electron chi connectivity index (χ0n) is 13.1. The first-order chi connectivity index (χ1) is 9.74. The molecule has 0 aliphatic rings. The van der Waals surface area contributed by atoms with E-state index in [9.17, 15) is 8.78 Å². The molecule has 120 valence electrons. The van der Waals surface area contributed by atoms with Crippen LogP contribution in [0.1, 0.15) is 39.7 Å². The molecule has 0 fully saturated rings. The van der Waals surface area contributed by atoms with Crippen molar-refractivity contribution in [2.24, 2.45) is 0 Å². The Morgan fingerprint density at radius 2 is 1.95 bits per heavy atom. The van der Waals surface area contributed by atoms with Crippen molar-refractivity contribution in [2.45, 2.75) is 51.3 Å². The van der Waals surface area contributed by atoms with Crippen LogP contribution in [0, 0.1) is 11.6 Å². The van der Waals surface area contributed by atoms with Crippen molar-refractivity contribution in [1.82, 2.24) is 5.32 Å². The highest BCUT2D eigenvalue weighted by molar-refractivity contribution is 9.10. The Bertz CT molecular complexity index is 460. The summed E-state index contributed by atoms with van der Waals surface area (Å²) in [4.78, 5) is 0. The second kappa shape index (κ2) is 8.49. The maximum absolute atomic E-state index is 14.1. The van der Waals surface area contributed by atoms with Gasteiger partial charge in [-0.25, -0.2) is 8.78 Å². The van der Waals surface area contributed by atoms with Crippen molar-refractivity contribution >= 4 is 27.7 Å². The molecule has 1 aromatic carbocycles. The van der Waals surface area contributed by atoms with Crippen molar-refractivity contribution in [1.29, 1.82) is 0 Å². The summed E-state index contributed by atoms with van der Waals surface area (Å²) in [6.45, 7) is 9.38. The van der Waals surface area contributed by atoms with Crippen molar-refractivity contribution in [2.75, 3.05) is 12.3 Å². The van der Waals surface area contributed by atoms with Crippen molar-refractivity contribution in [3.8, 4) is 0 Å². The van der Waals surface area contributed by atoms with Gasteiger partial charge < -0.3 is 5.32 Å². The van der Waals surface area contributed by atoms with Crippen molar-refractivity contribution in [3.05, 3.63) is 33.8 Å². The molecular formula is C16H24BrF2NS. The third-order valence-corrected chi connectivity index (χ3v) is 5.04. The molecule has 1 aromatic rings. The maximum atomic E-state index is 14.1. The smallest absolute Gasteiger partial charge is 0.143 e. The summed E-state index contributed by atoms with van der Waals surface area (Å²) < 4.78 is 28.4. The fourth-order valence-corrected chi connectivity index (χ4v) is 3.20. The Hall–Kier alpha value is -0.130. The van der Waals surface area contributed by atoms with Crippen LogP contribution in [0.3, 0.4) is 0 Å². The zero-order chi connectivity index (χ0) is 16.0. The van der Waals surface area contributed by atoms with E-state index < -0.39 is 11.6 Å².